The third-order valence-corrected chi connectivity index (χ3v) is 4.44. The Balaban J connectivity index is 1.58. The molecule has 0 saturated carbocycles. The Morgan fingerprint density at radius 1 is 1.22 bits per heavy atom. The van der Waals surface area contributed by atoms with Gasteiger partial charge in [0.2, 0.25) is 0 Å². The fourth-order valence-electron chi connectivity index (χ4n) is 3.02. The number of hydrogen-bond donors (Lipinski definition) is 2. The van der Waals surface area contributed by atoms with E-state index in [2.05, 4.69) is 22.7 Å². The molecule has 2 heterocycles. The monoisotopic (exact) mass is 320 g/mol. The van der Waals surface area contributed by atoms with Crippen LogP contribution in [0.25, 0.3) is 0 Å². The molecule has 1 aliphatic rings. The van der Waals surface area contributed by atoms with Crippen molar-refractivity contribution in [3.05, 3.63) is 17.5 Å². The van der Waals surface area contributed by atoms with Crippen LogP contribution in [0.2, 0.25) is 0 Å². The summed E-state index contributed by atoms with van der Waals surface area (Å²) in [6.07, 6.45) is 11.3. The number of rotatable bonds is 10. The fourth-order valence-corrected chi connectivity index (χ4v) is 3.02. The van der Waals surface area contributed by atoms with E-state index >= 15 is 0 Å². The highest BCUT2D eigenvalue weighted by Crippen LogP contribution is 2.09. The maximum absolute atomic E-state index is 12.1. The highest BCUT2D eigenvalue weighted by Gasteiger charge is 2.15. The topological polar surface area (TPSA) is 59.0 Å². The number of carbonyl (C=O) groups is 1. The summed E-state index contributed by atoms with van der Waals surface area (Å²) in [4.78, 5) is 12.1. The highest BCUT2D eigenvalue weighted by molar-refractivity contribution is 5.92. The summed E-state index contributed by atoms with van der Waals surface area (Å²) in [6.45, 7) is 5.72. The number of amides is 1. The van der Waals surface area contributed by atoms with Gasteiger partial charge in [-0.25, -0.2) is 0 Å². The number of fused-ring (bicyclic) bond motifs is 1. The average molecular weight is 320 g/mol. The van der Waals surface area contributed by atoms with Gasteiger partial charge in [-0.3, -0.25) is 9.48 Å². The Bertz CT molecular complexity index is 446. The van der Waals surface area contributed by atoms with E-state index in [0.29, 0.717) is 5.69 Å². The first-order valence-corrected chi connectivity index (χ1v) is 9.37. The van der Waals surface area contributed by atoms with Gasteiger partial charge in [-0.05, 0) is 25.5 Å². The second-order valence-corrected chi connectivity index (χ2v) is 6.51. The van der Waals surface area contributed by atoms with Gasteiger partial charge in [0.05, 0.1) is 5.69 Å². The molecule has 2 rings (SSSR count). The van der Waals surface area contributed by atoms with Crippen LogP contribution >= 0.6 is 0 Å². The molecule has 1 aliphatic heterocycles. The lowest BCUT2D eigenvalue weighted by Crippen LogP contribution is -2.25. The normalized spacial score (nSPS) is 14.3. The van der Waals surface area contributed by atoms with Gasteiger partial charge in [-0.1, -0.05) is 51.9 Å². The van der Waals surface area contributed by atoms with E-state index in [9.17, 15) is 4.79 Å². The molecule has 0 spiro atoms. The fraction of sp³-hybridized carbons (Fsp3) is 0.778. The summed E-state index contributed by atoms with van der Waals surface area (Å²) >= 11 is 0. The number of unbranched alkanes of at least 4 members (excludes halogenated alkanes) is 7. The van der Waals surface area contributed by atoms with Crippen molar-refractivity contribution in [3.63, 3.8) is 0 Å². The van der Waals surface area contributed by atoms with Crippen molar-refractivity contribution in [2.45, 2.75) is 77.8 Å². The quantitative estimate of drug-likeness (QED) is 0.651. The summed E-state index contributed by atoms with van der Waals surface area (Å²) in [5, 5.41) is 10.8. The van der Waals surface area contributed by atoms with Gasteiger partial charge in [0.15, 0.2) is 0 Å². The van der Waals surface area contributed by atoms with Crippen molar-refractivity contribution in [1.82, 2.24) is 20.4 Å². The van der Waals surface area contributed by atoms with Gasteiger partial charge in [0, 0.05) is 19.6 Å². The van der Waals surface area contributed by atoms with Crippen LogP contribution in [0.15, 0.2) is 6.07 Å². The van der Waals surface area contributed by atoms with Crippen molar-refractivity contribution < 1.29 is 4.79 Å². The van der Waals surface area contributed by atoms with E-state index < -0.39 is 0 Å². The molecule has 5 heteroatoms. The van der Waals surface area contributed by atoms with Crippen molar-refractivity contribution in [1.29, 1.82) is 0 Å². The van der Waals surface area contributed by atoms with E-state index in [-0.39, 0.29) is 5.91 Å². The molecule has 0 saturated heterocycles. The molecular formula is C18H32N4O. The van der Waals surface area contributed by atoms with Crippen LogP contribution < -0.4 is 10.6 Å². The summed E-state index contributed by atoms with van der Waals surface area (Å²) < 4.78 is 1.96. The molecule has 1 aromatic heterocycles. The third-order valence-electron chi connectivity index (χ3n) is 4.44. The summed E-state index contributed by atoms with van der Waals surface area (Å²) in [5.41, 5.74) is 1.67. The zero-order valence-electron chi connectivity index (χ0n) is 14.6. The Labute approximate surface area is 140 Å². The molecule has 0 radical (unpaired) electrons. The molecule has 130 valence electrons. The SMILES string of the molecule is CCCCCCCCCCNC(=O)c1cc2n(n1)CCCNC2. The van der Waals surface area contributed by atoms with E-state index in [0.717, 1.165) is 44.7 Å². The summed E-state index contributed by atoms with van der Waals surface area (Å²) in [7, 11) is 0. The second kappa shape index (κ2) is 10.4. The minimum Gasteiger partial charge on any atom is -0.351 e. The Morgan fingerprint density at radius 2 is 1.96 bits per heavy atom. The lowest BCUT2D eigenvalue weighted by atomic mass is 10.1. The standard InChI is InChI=1S/C18H32N4O/c1-2-3-4-5-6-7-8-9-12-20-18(23)17-14-16-15-19-11-10-13-22(16)21-17/h14,19H,2-13,15H2,1H3,(H,20,23). The third kappa shape index (κ3) is 6.34. The minimum atomic E-state index is -0.0338. The van der Waals surface area contributed by atoms with Gasteiger partial charge >= 0.3 is 0 Å². The molecule has 0 atom stereocenters. The molecule has 1 aromatic rings. The van der Waals surface area contributed by atoms with Crippen molar-refractivity contribution in [3.8, 4) is 0 Å². The van der Waals surface area contributed by atoms with Crippen LogP contribution in [0.5, 0.6) is 0 Å². The number of aromatic nitrogens is 2. The van der Waals surface area contributed by atoms with Crippen LogP contribution in [0.4, 0.5) is 0 Å². The largest absolute Gasteiger partial charge is 0.351 e. The molecule has 1 amide bonds. The molecule has 0 aromatic carbocycles. The summed E-state index contributed by atoms with van der Waals surface area (Å²) in [5.74, 6) is -0.0338. The Hall–Kier alpha value is -1.36. The van der Waals surface area contributed by atoms with E-state index in [4.69, 9.17) is 0 Å². The zero-order valence-corrected chi connectivity index (χ0v) is 14.6. The molecule has 0 fully saturated rings. The lowest BCUT2D eigenvalue weighted by Gasteiger charge is -2.04. The molecule has 5 nitrogen and oxygen atoms in total. The maximum atomic E-state index is 12.1. The van der Waals surface area contributed by atoms with Gasteiger partial charge in [0.1, 0.15) is 5.69 Å². The van der Waals surface area contributed by atoms with Gasteiger partial charge in [-0.15, -0.1) is 0 Å². The Morgan fingerprint density at radius 3 is 2.74 bits per heavy atom. The van der Waals surface area contributed by atoms with Gasteiger partial charge in [0.25, 0.3) is 5.91 Å². The Kier molecular flexibility index (Phi) is 8.15. The van der Waals surface area contributed by atoms with E-state index in [1.807, 2.05) is 10.7 Å². The number of hydrogen-bond acceptors (Lipinski definition) is 3. The summed E-state index contributed by atoms with van der Waals surface area (Å²) in [6, 6.07) is 1.92. The first-order chi connectivity index (χ1) is 11.3. The first-order valence-electron chi connectivity index (χ1n) is 9.37. The van der Waals surface area contributed by atoms with Crippen molar-refractivity contribution >= 4 is 5.91 Å². The molecule has 0 bridgehead atoms. The molecule has 0 aliphatic carbocycles. The van der Waals surface area contributed by atoms with Crippen LogP contribution in [-0.4, -0.2) is 28.8 Å². The number of nitrogens with one attached hydrogen (secondary N) is 2. The molecular weight excluding hydrogens is 288 g/mol. The predicted octanol–water partition coefficient (Wildman–Crippen LogP) is 3.25. The first kappa shape index (κ1) is 18.0. The van der Waals surface area contributed by atoms with Crippen LogP contribution in [0.1, 0.15) is 80.9 Å². The van der Waals surface area contributed by atoms with Crippen molar-refractivity contribution in [2.75, 3.05) is 13.1 Å². The van der Waals surface area contributed by atoms with E-state index in [1.54, 1.807) is 0 Å². The number of carbonyl (C=O) groups excluding carboxylic acids is 1. The average Bonchev–Trinajstić information content (AvgIpc) is 2.84. The molecule has 2 N–H and O–H groups in total. The van der Waals surface area contributed by atoms with Gasteiger partial charge in [-0.2, -0.15) is 5.10 Å². The van der Waals surface area contributed by atoms with Crippen LogP contribution in [-0.2, 0) is 13.1 Å². The second-order valence-electron chi connectivity index (χ2n) is 6.51. The number of nitrogens with zero attached hydrogens (tertiary/aromatic N) is 2. The molecule has 23 heavy (non-hydrogen) atoms. The van der Waals surface area contributed by atoms with Crippen molar-refractivity contribution in [2.24, 2.45) is 0 Å². The van der Waals surface area contributed by atoms with Gasteiger partial charge < -0.3 is 10.6 Å². The van der Waals surface area contributed by atoms with E-state index in [1.165, 1.54) is 44.9 Å². The maximum Gasteiger partial charge on any atom is 0.271 e. The van der Waals surface area contributed by atoms with Crippen LogP contribution in [0.3, 0.4) is 0 Å². The van der Waals surface area contributed by atoms with Crippen LogP contribution in [0, 0.1) is 0 Å². The lowest BCUT2D eigenvalue weighted by molar-refractivity contribution is 0.0947. The number of aryl methyl sites for hydroxylation is 1. The predicted molar refractivity (Wildman–Crippen MR) is 93.5 cm³/mol. The minimum absolute atomic E-state index is 0.0338. The molecule has 0 unspecified atom stereocenters. The zero-order chi connectivity index (χ0) is 16.3. The highest BCUT2D eigenvalue weighted by atomic mass is 16.1. The smallest absolute Gasteiger partial charge is 0.271 e.